The summed E-state index contributed by atoms with van der Waals surface area (Å²) in [7, 11) is 0. The van der Waals surface area contributed by atoms with Gasteiger partial charge >= 0.3 is 0 Å². The molecular weight excluding hydrogens is 476 g/mol. The van der Waals surface area contributed by atoms with Crippen molar-refractivity contribution in [2.45, 2.75) is 6.54 Å². The van der Waals surface area contributed by atoms with Gasteiger partial charge in [0.2, 0.25) is 5.91 Å². The highest BCUT2D eigenvalue weighted by atomic mass is 35.5. The average molecular weight is 499 g/mol. The average Bonchev–Trinajstić information content (AvgIpc) is 2.91. The molecule has 0 bridgehead atoms. The maximum atomic E-state index is 13.2. The first-order valence-corrected chi connectivity index (χ1v) is 12.0. The molecular formula is C28H23ClN4O3. The Morgan fingerprint density at radius 1 is 1.00 bits per heavy atom. The van der Waals surface area contributed by atoms with E-state index in [9.17, 15) is 14.4 Å². The van der Waals surface area contributed by atoms with Crippen LogP contribution in [0.4, 0.5) is 0 Å². The van der Waals surface area contributed by atoms with E-state index in [0.29, 0.717) is 40.4 Å². The summed E-state index contributed by atoms with van der Waals surface area (Å²) in [6.07, 6.45) is 0. The van der Waals surface area contributed by atoms with Gasteiger partial charge in [-0.05, 0) is 35.9 Å². The van der Waals surface area contributed by atoms with Gasteiger partial charge in [0, 0.05) is 41.2 Å². The van der Waals surface area contributed by atoms with Crippen LogP contribution in [0.15, 0.2) is 78.9 Å². The summed E-state index contributed by atoms with van der Waals surface area (Å²) in [4.78, 5) is 43.7. The highest BCUT2D eigenvalue weighted by Crippen LogP contribution is 2.29. The maximum Gasteiger partial charge on any atom is 0.254 e. The van der Waals surface area contributed by atoms with E-state index >= 15 is 0 Å². The quantitative estimate of drug-likeness (QED) is 0.434. The van der Waals surface area contributed by atoms with Crippen LogP contribution in [0.2, 0.25) is 5.02 Å². The zero-order chi connectivity index (χ0) is 25.1. The molecule has 1 aliphatic heterocycles. The molecule has 0 atom stereocenters. The number of halogens is 1. The van der Waals surface area contributed by atoms with Gasteiger partial charge in [-0.3, -0.25) is 14.4 Å². The first kappa shape index (κ1) is 23.5. The van der Waals surface area contributed by atoms with Crippen molar-refractivity contribution in [3.8, 4) is 11.3 Å². The molecule has 5 rings (SSSR count). The first-order chi connectivity index (χ1) is 17.5. The molecule has 8 heteroatoms. The van der Waals surface area contributed by atoms with Crippen LogP contribution in [0.5, 0.6) is 0 Å². The Morgan fingerprint density at radius 2 is 1.75 bits per heavy atom. The van der Waals surface area contributed by atoms with Gasteiger partial charge in [-0.25, -0.2) is 4.98 Å². The van der Waals surface area contributed by atoms with Crippen LogP contribution in [0.25, 0.3) is 22.2 Å². The number of carbonyl (C=O) groups is 3. The van der Waals surface area contributed by atoms with Crippen molar-refractivity contribution >= 4 is 40.2 Å². The molecule has 0 radical (unpaired) electrons. The zero-order valence-corrected chi connectivity index (χ0v) is 20.1. The van der Waals surface area contributed by atoms with Gasteiger partial charge in [0.25, 0.3) is 11.8 Å². The Bertz CT molecular complexity index is 1470. The summed E-state index contributed by atoms with van der Waals surface area (Å²) in [6, 6.07) is 23.7. The molecule has 0 unspecified atom stereocenters. The van der Waals surface area contributed by atoms with Crippen molar-refractivity contribution in [1.82, 2.24) is 20.5 Å². The second-order valence-corrected chi connectivity index (χ2v) is 8.92. The smallest absolute Gasteiger partial charge is 0.254 e. The van der Waals surface area contributed by atoms with Crippen LogP contribution in [0, 0.1) is 0 Å². The van der Waals surface area contributed by atoms with Crippen LogP contribution in [0.1, 0.15) is 26.3 Å². The van der Waals surface area contributed by atoms with Gasteiger partial charge in [-0.2, -0.15) is 0 Å². The van der Waals surface area contributed by atoms with E-state index in [2.05, 4.69) is 10.6 Å². The van der Waals surface area contributed by atoms with Crippen LogP contribution in [0.3, 0.4) is 0 Å². The molecule has 180 valence electrons. The third kappa shape index (κ3) is 4.92. The van der Waals surface area contributed by atoms with Crippen molar-refractivity contribution in [3.05, 3.63) is 101 Å². The van der Waals surface area contributed by atoms with E-state index in [-0.39, 0.29) is 30.8 Å². The number of piperazine rings is 1. The molecule has 2 heterocycles. The summed E-state index contributed by atoms with van der Waals surface area (Å²) in [5.41, 5.74) is 3.94. The summed E-state index contributed by atoms with van der Waals surface area (Å²) in [6.45, 7) is 1.29. The fourth-order valence-corrected chi connectivity index (χ4v) is 4.44. The Labute approximate surface area is 213 Å². The lowest BCUT2D eigenvalue weighted by Gasteiger charge is -2.26. The summed E-state index contributed by atoms with van der Waals surface area (Å²) in [5.74, 6) is -0.576. The molecule has 0 saturated carbocycles. The number of amides is 3. The number of rotatable bonds is 5. The molecule has 1 saturated heterocycles. The monoisotopic (exact) mass is 498 g/mol. The summed E-state index contributed by atoms with van der Waals surface area (Å²) >= 11 is 6.39. The molecule has 36 heavy (non-hydrogen) atoms. The predicted molar refractivity (Wildman–Crippen MR) is 139 cm³/mol. The first-order valence-electron chi connectivity index (χ1n) is 11.6. The van der Waals surface area contributed by atoms with Gasteiger partial charge < -0.3 is 15.5 Å². The zero-order valence-electron chi connectivity index (χ0n) is 19.3. The number of hydrogen-bond acceptors (Lipinski definition) is 4. The minimum Gasteiger partial charge on any atom is -0.353 e. The number of nitrogens with one attached hydrogen (secondary N) is 2. The predicted octanol–water partition coefficient (Wildman–Crippen LogP) is 4.06. The summed E-state index contributed by atoms with van der Waals surface area (Å²) < 4.78 is 0. The minimum atomic E-state index is -0.235. The number of carbonyl (C=O) groups excluding carboxylic acids is 3. The molecule has 4 aromatic rings. The van der Waals surface area contributed by atoms with Gasteiger partial charge in [-0.15, -0.1) is 0 Å². The van der Waals surface area contributed by atoms with Crippen LogP contribution in [-0.4, -0.2) is 47.2 Å². The van der Waals surface area contributed by atoms with Crippen molar-refractivity contribution in [2.24, 2.45) is 0 Å². The van der Waals surface area contributed by atoms with Crippen molar-refractivity contribution in [2.75, 3.05) is 19.6 Å². The van der Waals surface area contributed by atoms with Gasteiger partial charge in [0.1, 0.15) is 0 Å². The largest absolute Gasteiger partial charge is 0.353 e. The molecule has 3 amide bonds. The molecule has 7 nitrogen and oxygen atoms in total. The number of hydrogen-bond donors (Lipinski definition) is 2. The normalized spacial score (nSPS) is 13.4. The molecule has 2 N–H and O–H groups in total. The maximum absolute atomic E-state index is 13.2. The standard InChI is InChI=1S/C28H23ClN4O3/c29-23-7-3-1-6-21(23)25-15-22(20-5-2-4-8-24(20)32-25)27(35)31-16-18-9-11-19(12-10-18)28(36)33-14-13-30-26(34)17-33/h1-12,15H,13-14,16-17H2,(H,30,34)(H,31,35). The number of fused-ring (bicyclic) bond motifs is 1. The molecule has 0 aliphatic carbocycles. The van der Waals surface area contributed by atoms with E-state index in [4.69, 9.17) is 16.6 Å². The third-order valence-electron chi connectivity index (χ3n) is 6.09. The highest BCUT2D eigenvalue weighted by molar-refractivity contribution is 6.33. The minimum absolute atomic E-state index is 0.0622. The number of benzene rings is 3. The Hall–Kier alpha value is -4.23. The van der Waals surface area contributed by atoms with E-state index < -0.39 is 0 Å². The van der Waals surface area contributed by atoms with Gasteiger partial charge in [0.05, 0.1) is 23.3 Å². The number of para-hydroxylation sites is 1. The second kappa shape index (κ2) is 10.2. The molecule has 1 fully saturated rings. The van der Waals surface area contributed by atoms with Gasteiger partial charge in [-0.1, -0.05) is 60.1 Å². The van der Waals surface area contributed by atoms with E-state index in [1.54, 1.807) is 36.4 Å². The molecule has 1 aromatic heterocycles. The SMILES string of the molecule is O=C1CN(C(=O)c2ccc(CNC(=O)c3cc(-c4ccccc4Cl)nc4ccccc34)cc2)CCN1. The lowest BCUT2D eigenvalue weighted by atomic mass is 10.0. The van der Waals surface area contributed by atoms with Crippen LogP contribution in [-0.2, 0) is 11.3 Å². The van der Waals surface area contributed by atoms with E-state index in [1.807, 2.05) is 42.5 Å². The van der Waals surface area contributed by atoms with Crippen molar-refractivity contribution in [1.29, 1.82) is 0 Å². The Balaban J connectivity index is 1.33. The Kier molecular flexibility index (Phi) is 6.64. The third-order valence-corrected chi connectivity index (χ3v) is 6.42. The van der Waals surface area contributed by atoms with E-state index in [1.165, 1.54) is 4.90 Å². The number of nitrogens with zero attached hydrogens (tertiary/aromatic N) is 2. The summed E-state index contributed by atoms with van der Waals surface area (Å²) in [5, 5.41) is 6.99. The van der Waals surface area contributed by atoms with E-state index in [0.717, 1.165) is 16.5 Å². The second-order valence-electron chi connectivity index (χ2n) is 8.51. The molecule has 3 aromatic carbocycles. The fraction of sp³-hybridized carbons (Fsp3) is 0.143. The lowest BCUT2D eigenvalue weighted by molar-refractivity contribution is -0.123. The van der Waals surface area contributed by atoms with Crippen molar-refractivity contribution in [3.63, 3.8) is 0 Å². The van der Waals surface area contributed by atoms with Crippen molar-refractivity contribution < 1.29 is 14.4 Å². The van der Waals surface area contributed by atoms with Crippen LogP contribution >= 0.6 is 11.6 Å². The number of aromatic nitrogens is 1. The van der Waals surface area contributed by atoms with Crippen LogP contribution < -0.4 is 10.6 Å². The lowest BCUT2D eigenvalue weighted by Crippen LogP contribution is -2.49. The van der Waals surface area contributed by atoms with Gasteiger partial charge in [0.15, 0.2) is 0 Å². The molecule has 0 spiro atoms. The Morgan fingerprint density at radius 3 is 2.53 bits per heavy atom. The topological polar surface area (TPSA) is 91.4 Å². The highest BCUT2D eigenvalue weighted by Gasteiger charge is 2.22. The fourth-order valence-electron chi connectivity index (χ4n) is 4.21. The molecule has 1 aliphatic rings. The number of pyridine rings is 1.